The van der Waals surface area contributed by atoms with E-state index in [0.29, 0.717) is 12.2 Å². The average Bonchev–Trinajstić information content (AvgIpc) is 2.47. The number of esters is 1. The number of benzene rings is 1. The van der Waals surface area contributed by atoms with Gasteiger partial charge < -0.3 is 9.47 Å². The van der Waals surface area contributed by atoms with Gasteiger partial charge in [-0.15, -0.1) is 0 Å². The Morgan fingerprint density at radius 2 is 1.84 bits per heavy atom. The summed E-state index contributed by atoms with van der Waals surface area (Å²) in [7, 11) is 0. The summed E-state index contributed by atoms with van der Waals surface area (Å²) < 4.78 is 10.5. The largest absolute Gasteiger partial charge is 0.463 e. The van der Waals surface area contributed by atoms with E-state index < -0.39 is 12.1 Å². The van der Waals surface area contributed by atoms with Gasteiger partial charge in [0.1, 0.15) is 0 Å². The highest BCUT2D eigenvalue weighted by molar-refractivity contribution is 5.76. The van der Waals surface area contributed by atoms with Gasteiger partial charge in [-0.05, 0) is 13.0 Å². The van der Waals surface area contributed by atoms with Crippen molar-refractivity contribution in [3.63, 3.8) is 0 Å². The molecule has 98 valence electrons. The van der Waals surface area contributed by atoms with Crippen LogP contribution in [0.25, 0.3) is 0 Å². The number of ether oxygens (including phenoxy) is 2. The van der Waals surface area contributed by atoms with Crippen molar-refractivity contribution in [3.05, 3.63) is 54.4 Å². The summed E-state index contributed by atoms with van der Waals surface area (Å²) in [5.74, 6) is -0.457. The topological polar surface area (TPSA) is 61.3 Å². The van der Waals surface area contributed by atoms with Crippen molar-refractivity contribution >= 4 is 5.97 Å². The van der Waals surface area contributed by atoms with Crippen LogP contribution in [0.3, 0.4) is 0 Å². The second-order valence-electron chi connectivity index (χ2n) is 3.69. The van der Waals surface area contributed by atoms with E-state index in [-0.39, 0.29) is 6.01 Å². The molecule has 1 atom stereocenters. The first kappa shape index (κ1) is 13.0. The number of carbonyl (C=O) groups excluding carboxylic acids is 1. The summed E-state index contributed by atoms with van der Waals surface area (Å²) in [6.45, 7) is 2.04. The molecular weight excluding hydrogens is 244 g/mol. The normalized spacial score (nSPS) is 11.6. The highest BCUT2D eigenvalue weighted by Gasteiger charge is 2.24. The lowest BCUT2D eigenvalue weighted by Crippen LogP contribution is -2.22. The Labute approximate surface area is 111 Å². The minimum absolute atomic E-state index is 0.143. The van der Waals surface area contributed by atoms with Crippen LogP contribution in [0.1, 0.15) is 18.6 Å². The lowest BCUT2D eigenvalue weighted by molar-refractivity contribution is -0.152. The zero-order valence-electron chi connectivity index (χ0n) is 10.5. The predicted molar refractivity (Wildman–Crippen MR) is 68.5 cm³/mol. The van der Waals surface area contributed by atoms with Gasteiger partial charge in [0.25, 0.3) is 0 Å². The van der Waals surface area contributed by atoms with Crippen LogP contribution < -0.4 is 4.74 Å². The first-order valence-electron chi connectivity index (χ1n) is 5.96. The molecule has 1 aromatic carbocycles. The van der Waals surface area contributed by atoms with Gasteiger partial charge in [0.15, 0.2) is 0 Å². The van der Waals surface area contributed by atoms with Gasteiger partial charge in [0, 0.05) is 18.0 Å². The standard InChI is InChI=1S/C14H14N2O3/c1-2-18-13(17)12(11-7-4-3-5-8-11)19-14-15-9-6-10-16-14/h3-10,12H,2H2,1H3. The van der Waals surface area contributed by atoms with Gasteiger partial charge in [0.2, 0.25) is 6.10 Å². The number of hydrogen-bond donors (Lipinski definition) is 0. The Morgan fingerprint density at radius 3 is 2.47 bits per heavy atom. The number of rotatable bonds is 5. The summed E-state index contributed by atoms with van der Waals surface area (Å²) >= 11 is 0. The second-order valence-corrected chi connectivity index (χ2v) is 3.69. The third-order valence-corrected chi connectivity index (χ3v) is 2.37. The quantitative estimate of drug-likeness (QED) is 0.769. The minimum Gasteiger partial charge on any atom is -0.463 e. The van der Waals surface area contributed by atoms with E-state index in [4.69, 9.17) is 9.47 Å². The van der Waals surface area contributed by atoms with Crippen LogP contribution in [0.15, 0.2) is 48.8 Å². The number of aromatic nitrogens is 2. The molecule has 0 aliphatic rings. The fourth-order valence-corrected chi connectivity index (χ4v) is 1.55. The summed E-state index contributed by atoms with van der Waals surface area (Å²) in [6, 6.07) is 10.9. The van der Waals surface area contributed by atoms with Crippen LogP contribution in [-0.4, -0.2) is 22.5 Å². The monoisotopic (exact) mass is 258 g/mol. The predicted octanol–water partition coefficient (Wildman–Crippen LogP) is 2.16. The molecule has 0 spiro atoms. The molecule has 0 amide bonds. The highest BCUT2D eigenvalue weighted by atomic mass is 16.6. The van der Waals surface area contributed by atoms with Crippen molar-refractivity contribution in [2.45, 2.75) is 13.0 Å². The van der Waals surface area contributed by atoms with E-state index in [1.165, 1.54) is 0 Å². The highest BCUT2D eigenvalue weighted by Crippen LogP contribution is 2.20. The Morgan fingerprint density at radius 1 is 1.16 bits per heavy atom. The van der Waals surface area contributed by atoms with Crippen LogP contribution >= 0.6 is 0 Å². The van der Waals surface area contributed by atoms with Crippen molar-refractivity contribution in [2.75, 3.05) is 6.61 Å². The molecule has 1 aromatic heterocycles. The molecule has 2 rings (SSSR count). The molecule has 0 aliphatic heterocycles. The third-order valence-electron chi connectivity index (χ3n) is 2.37. The summed E-state index contributed by atoms with van der Waals surface area (Å²) in [4.78, 5) is 19.8. The van der Waals surface area contributed by atoms with Crippen molar-refractivity contribution in [1.29, 1.82) is 0 Å². The smallest absolute Gasteiger partial charge is 0.352 e. The van der Waals surface area contributed by atoms with Crippen LogP contribution in [0.5, 0.6) is 6.01 Å². The van der Waals surface area contributed by atoms with Gasteiger partial charge >= 0.3 is 12.0 Å². The summed E-state index contributed by atoms with van der Waals surface area (Å²) in [5, 5.41) is 0. The first-order valence-corrected chi connectivity index (χ1v) is 5.96. The van der Waals surface area contributed by atoms with Crippen molar-refractivity contribution in [3.8, 4) is 6.01 Å². The Balaban J connectivity index is 2.22. The first-order chi connectivity index (χ1) is 9.31. The molecule has 0 N–H and O–H groups in total. The molecule has 0 radical (unpaired) electrons. The molecular formula is C14H14N2O3. The minimum atomic E-state index is -0.858. The number of nitrogens with zero attached hydrogens (tertiary/aromatic N) is 2. The van der Waals surface area contributed by atoms with Crippen LogP contribution in [0.2, 0.25) is 0 Å². The average molecular weight is 258 g/mol. The molecule has 5 heteroatoms. The molecule has 0 saturated carbocycles. The zero-order valence-corrected chi connectivity index (χ0v) is 10.5. The maximum absolute atomic E-state index is 11.9. The maximum atomic E-state index is 11.9. The van der Waals surface area contributed by atoms with Crippen LogP contribution in [0, 0.1) is 0 Å². The SMILES string of the molecule is CCOC(=O)C(Oc1ncccn1)c1ccccc1. The molecule has 2 aromatic rings. The van der Waals surface area contributed by atoms with Gasteiger partial charge in [0.05, 0.1) is 6.61 Å². The molecule has 5 nitrogen and oxygen atoms in total. The van der Waals surface area contributed by atoms with Crippen LogP contribution in [0.4, 0.5) is 0 Å². The van der Waals surface area contributed by atoms with E-state index >= 15 is 0 Å². The molecule has 1 unspecified atom stereocenters. The molecule has 0 bridgehead atoms. The van der Waals surface area contributed by atoms with Gasteiger partial charge in [-0.1, -0.05) is 30.3 Å². The van der Waals surface area contributed by atoms with Crippen molar-refractivity contribution < 1.29 is 14.3 Å². The Kier molecular flexibility index (Phi) is 4.44. The Hall–Kier alpha value is -2.43. The number of carbonyl (C=O) groups is 1. The Bertz CT molecular complexity index is 517. The lowest BCUT2D eigenvalue weighted by atomic mass is 10.1. The maximum Gasteiger partial charge on any atom is 0.352 e. The van der Waals surface area contributed by atoms with E-state index in [0.717, 1.165) is 0 Å². The van der Waals surface area contributed by atoms with Crippen molar-refractivity contribution in [1.82, 2.24) is 9.97 Å². The second kappa shape index (κ2) is 6.49. The molecule has 1 heterocycles. The number of hydrogen-bond acceptors (Lipinski definition) is 5. The van der Waals surface area contributed by atoms with E-state index in [2.05, 4.69) is 9.97 Å². The van der Waals surface area contributed by atoms with E-state index in [1.807, 2.05) is 18.2 Å². The summed E-state index contributed by atoms with van der Waals surface area (Å²) in [5.41, 5.74) is 0.702. The molecule has 0 aliphatic carbocycles. The van der Waals surface area contributed by atoms with E-state index in [9.17, 15) is 4.79 Å². The molecule has 0 fully saturated rings. The third kappa shape index (κ3) is 3.51. The summed E-state index contributed by atoms with van der Waals surface area (Å²) in [6.07, 6.45) is 2.24. The zero-order chi connectivity index (χ0) is 13.5. The van der Waals surface area contributed by atoms with Gasteiger partial charge in [-0.3, -0.25) is 0 Å². The fraction of sp³-hybridized carbons (Fsp3) is 0.214. The fourth-order valence-electron chi connectivity index (χ4n) is 1.55. The van der Waals surface area contributed by atoms with Gasteiger partial charge in [-0.25, -0.2) is 14.8 Å². The lowest BCUT2D eigenvalue weighted by Gasteiger charge is -2.16. The van der Waals surface area contributed by atoms with Crippen LogP contribution in [-0.2, 0) is 9.53 Å². The molecule has 19 heavy (non-hydrogen) atoms. The van der Waals surface area contributed by atoms with E-state index in [1.54, 1.807) is 37.5 Å². The van der Waals surface area contributed by atoms with Gasteiger partial charge in [-0.2, -0.15) is 0 Å². The molecule has 0 saturated heterocycles. The van der Waals surface area contributed by atoms with Crippen molar-refractivity contribution in [2.24, 2.45) is 0 Å².